The monoisotopic (exact) mass is 463 g/mol. The lowest BCUT2D eigenvalue weighted by atomic mass is 10.1. The average Bonchev–Trinajstić information content (AvgIpc) is 2.96. The molecule has 1 atom stereocenters. The van der Waals surface area contributed by atoms with Crippen molar-refractivity contribution in [2.45, 2.75) is 30.6 Å². The Bertz CT molecular complexity index is 1020. The Morgan fingerprint density at radius 3 is 2.78 bits per heavy atom. The molecule has 8 nitrogen and oxygen atoms in total. The lowest BCUT2D eigenvalue weighted by molar-refractivity contribution is -0.757. The molecule has 0 spiro atoms. The zero-order valence-corrected chi connectivity index (χ0v) is 18.6. The lowest BCUT2D eigenvalue weighted by Gasteiger charge is -2.20. The SMILES string of the molecule is [2H]C(CN1CCSc2ccc(OC)cc2C1([2H])[2H])c1ccc(C(=O)OCCCCO[N+](=O)[O-])cc1. The van der Waals surface area contributed by atoms with E-state index in [9.17, 15) is 14.9 Å². The lowest BCUT2D eigenvalue weighted by Crippen LogP contribution is -2.27. The van der Waals surface area contributed by atoms with Crippen LogP contribution in [0.1, 0.15) is 38.4 Å². The van der Waals surface area contributed by atoms with Crippen molar-refractivity contribution in [3.8, 4) is 5.75 Å². The molecule has 0 aromatic heterocycles. The Morgan fingerprint density at radius 1 is 1.25 bits per heavy atom. The summed E-state index contributed by atoms with van der Waals surface area (Å²) in [5.41, 5.74) is 1.54. The Balaban J connectivity index is 1.58. The zero-order valence-electron chi connectivity index (χ0n) is 20.8. The highest BCUT2D eigenvalue weighted by Crippen LogP contribution is 2.30. The van der Waals surface area contributed by atoms with Gasteiger partial charge in [-0.25, -0.2) is 4.79 Å². The number of hydrogen-bond donors (Lipinski definition) is 0. The minimum absolute atomic E-state index is 0.0447. The van der Waals surface area contributed by atoms with E-state index < -0.39 is 23.9 Å². The van der Waals surface area contributed by atoms with E-state index in [2.05, 4.69) is 4.84 Å². The second kappa shape index (κ2) is 12.3. The van der Waals surface area contributed by atoms with E-state index in [0.717, 1.165) is 4.90 Å². The van der Waals surface area contributed by atoms with Gasteiger partial charge >= 0.3 is 5.97 Å². The van der Waals surface area contributed by atoms with E-state index in [1.807, 2.05) is 12.1 Å². The number of ether oxygens (including phenoxy) is 2. The van der Waals surface area contributed by atoms with Gasteiger partial charge in [0, 0.05) is 34.3 Å². The Morgan fingerprint density at radius 2 is 2.03 bits per heavy atom. The fourth-order valence-corrected chi connectivity index (χ4v) is 4.00. The minimum Gasteiger partial charge on any atom is -0.497 e. The van der Waals surface area contributed by atoms with Crippen molar-refractivity contribution in [2.24, 2.45) is 0 Å². The number of hydrogen-bond acceptors (Lipinski definition) is 8. The molecule has 0 saturated carbocycles. The van der Waals surface area contributed by atoms with Crippen molar-refractivity contribution in [3.63, 3.8) is 0 Å². The Hall–Kier alpha value is -2.78. The molecular weight excluding hydrogens is 432 g/mol. The van der Waals surface area contributed by atoms with Gasteiger partial charge < -0.3 is 14.3 Å². The maximum atomic E-state index is 12.2. The molecule has 2 aromatic carbocycles. The normalized spacial score (nSPS) is 17.6. The molecule has 0 aliphatic carbocycles. The second-order valence-corrected chi connectivity index (χ2v) is 8.13. The molecule has 0 saturated heterocycles. The van der Waals surface area contributed by atoms with Gasteiger partial charge in [-0.3, -0.25) is 4.90 Å². The second-order valence-electron chi connectivity index (χ2n) is 6.99. The highest BCUT2D eigenvalue weighted by atomic mass is 32.2. The first kappa shape index (κ1) is 19.9. The number of unbranched alkanes of at least 4 members (excludes halogenated alkanes) is 1. The molecule has 1 heterocycles. The van der Waals surface area contributed by atoms with Crippen molar-refractivity contribution >= 4 is 17.7 Å². The summed E-state index contributed by atoms with van der Waals surface area (Å²) in [4.78, 5) is 29.0. The Labute approximate surface area is 196 Å². The molecule has 0 radical (unpaired) electrons. The molecule has 1 aliphatic heterocycles. The molecule has 1 aliphatic rings. The molecule has 172 valence electrons. The van der Waals surface area contributed by atoms with Crippen LogP contribution < -0.4 is 4.74 Å². The first-order valence-corrected chi connectivity index (χ1v) is 11.2. The van der Waals surface area contributed by atoms with Crippen LogP contribution >= 0.6 is 11.8 Å². The van der Waals surface area contributed by atoms with E-state index in [4.69, 9.17) is 13.6 Å². The number of carbonyl (C=O) groups is 1. The Kier molecular flexibility index (Phi) is 7.64. The molecule has 0 fully saturated rings. The number of nitrogens with zero attached hydrogens (tertiary/aromatic N) is 2. The number of thioether (sulfide) groups is 1. The van der Waals surface area contributed by atoms with Gasteiger partial charge in [-0.1, -0.05) is 12.1 Å². The van der Waals surface area contributed by atoms with E-state index in [1.54, 1.807) is 54.1 Å². The molecule has 1 unspecified atom stereocenters. The summed E-state index contributed by atoms with van der Waals surface area (Å²) in [6.07, 6.45) is 0.124. The summed E-state index contributed by atoms with van der Waals surface area (Å²) in [5.74, 6) is 0.777. The number of carbonyl (C=O) groups excluding carboxylic acids is 1. The smallest absolute Gasteiger partial charge is 0.338 e. The molecule has 0 amide bonds. The van der Waals surface area contributed by atoms with Crippen LogP contribution in [-0.2, 0) is 22.5 Å². The third-order valence-electron chi connectivity index (χ3n) is 4.75. The van der Waals surface area contributed by atoms with Crippen LogP contribution in [0.4, 0.5) is 0 Å². The summed E-state index contributed by atoms with van der Waals surface area (Å²) in [6.45, 7) is -1.02. The number of methoxy groups -OCH3 is 1. The molecule has 2 aromatic rings. The summed E-state index contributed by atoms with van der Waals surface area (Å²) in [5, 5.41) is 9.23. The number of benzene rings is 2. The highest BCUT2D eigenvalue weighted by Gasteiger charge is 2.16. The van der Waals surface area contributed by atoms with Crippen LogP contribution in [-0.4, -0.2) is 55.1 Å². The van der Waals surface area contributed by atoms with Crippen molar-refractivity contribution in [2.75, 3.05) is 39.2 Å². The maximum Gasteiger partial charge on any atom is 0.338 e. The summed E-state index contributed by atoms with van der Waals surface area (Å²) >= 11 is 1.59. The van der Waals surface area contributed by atoms with Gasteiger partial charge in [-0.05, 0) is 60.7 Å². The summed E-state index contributed by atoms with van der Waals surface area (Å²) in [6, 6.07) is 11.9. The number of esters is 1. The van der Waals surface area contributed by atoms with Gasteiger partial charge in [0.2, 0.25) is 0 Å². The van der Waals surface area contributed by atoms with Crippen LogP contribution in [0.3, 0.4) is 0 Å². The van der Waals surface area contributed by atoms with Gasteiger partial charge in [0.05, 0.1) is 25.9 Å². The van der Waals surface area contributed by atoms with Crippen LogP contribution in [0, 0.1) is 10.1 Å². The molecule has 9 heteroatoms. The van der Waals surface area contributed by atoms with E-state index in [-0.39, 0.29) is 19.8 Å². The first-order valence-electron chi connectivity index (χ1n) is 11.8. The summed E-state index contributed by atoms with van der Waals surface area (Å²) in [7, 11) is 1.55. The topological polar surface area (TPSA) is 91.1 Å². The van der Waals surface area contributed by atoms with Crippen LogP contribution in [0.5, 0.6) is 5.75 Å². The van der Waals surface area contributed by atoms with Crippen molar-refractivity contribution in [1.29, 1.82) is 0 Å². The fraction of sp³-hybridized carbons (Fsp3) is 0.435. The van der Waals surface area contributed by atoms with Crippen molar-refractivity contribution < 1.29 is 28.3 Å². The van der Waals surface area contributed by atoms with Gasteiger partial charge in [0.15, 0.2) is 0 Å². The van der Waals surface area contributed by atoms with Gasteiger partial charge in [-0.2, -0.15) is 0 Å². The summed E-state index contributed by atoms with van der Waals surface area (Å²) < 4.78 is 36.7. The third-order valence-corrected chi connectivity index (χ3v) is 5.80. The largest absolute Gasteiger partial charge is 0.497 e. The molecular formula is C23H28N2O6S. The predicted molar refractivity (Wildman–Crippen MR) is 122 cm³/mol. The van der Waals surface area contributed by atoms with E-state index in [1.165, 1.54) is 0 Å². The van der Waals surface area contributed by atoms with E-state index in [0.29, 0.717) is 47.6 Å². The standard InChI is InChI=1S/C23H28N2O6S/c1-29-21-8-9-22-20(16-21)17-24(12-15-32-22)11-10-18-4-6-19(7-5-18)23(26)30-13-2-3-14-31-25(27)28/h4-9,16H,2-3,10-15,17H2,1H3/i10D,17D2. The molecule has 0 bridgehead atoms. The fourth-order valence-electron chi connectivity index (χ4n) is 3.04. The molecule has 32 heavy (non-hydrogen) atoms. The number of fused-ring (bicyclic) bond motifs is 1. The van der Waals surface area contributed by atoms with Gasteiger partial charge in [0.1, 0.15) is 5.75 Å². The zero-order chi connectivity index (χ0) is 25.4. The van der Waals surface area contributed by atoms with Crippen LogP contribution in [0.25, 0.3) is 0 Å². The van der Waals surface area contributed by atoms with Gasteiger partial charge in [0.25, 0.3) is 5.09 Å². The first-order chi connectivity index (χ1) is 16.7. The third kappa shape index (κ3) is 7.42. The quantitative estimate of drug-likeness (QED) is 0.214. The molecule has 0 N–H and O–H groups in total. The molecule has 3 rings (SSSR count). The highest BCUT2D eigenvalue weighted by molar-refractivity contribution is 7.99. The predicted octanol–water partition coefficient (Wildman–Crippen LogP) is 3.99. The maximum absolute atomic E-state index is 12.2. The van der Waals surface area contributed by atoms with Crippen molar-refractivity contribution in [3.05, 3.63) is 69.3 Å². The van der Waals surface area contributed by atoms with Crippen LogP contribution in [0.2, 0.25) is 0 Å². The van der Waals surface area contributed by atoms with E-state index >= 15 is 0 Å². The van der Waals surface area contributed by atoms with Crippen molar-refractivity contribution in [1.82, 2.24) is 4.90 Å². The average molecular weight is 464 g/mol. The van der Waals surface area contributed by atoms with Crippen LogP contribution in [0.15, 0.2) is 47.4 Å². The van der Waals surface area contributed by atoms with Gasteiger partial charge in [-0.15, -0.1) is 21.9 Å². The number of rotatable bonds is 11. The minimum atomic E-state index is -1.76.